The van der Waals surface area contributed by atoms with Crippen molar-refractivity contribution in [1.82, 2.24) is 19.9 Å². The molecule has 4 heterocycles. The fraction of sp³-hybridized carbons (Fsp3) is 0.903. The first-order valence-electron chi connectivity index (χ1n) is 16.2. The van der Waals surface area contributed by atoms with Crippen molar-refractivity contribution >= 4 is 5.91 Å². The minimum absolute atomic E-state index is 0.00685. The van der Waals surface area contributed by atoms with Gasteiger partial charge in [0.25, 0.3) is 0 Å². The standard InChI is InChI=1S/C31H49F3N4O3/c1-30(2,31(32,33)34)29(39)37-16-12-22(13-17-37)27-35-28(41-36-27)23-14-18-38(26(20-23)24-15-19-40-21-24)25-10-8-6-4-3-5-7-9-11-25/h22-26H,3-21H2,1-2H3. The molecule has 1 aliphatic carbocycles. The van der Waals surface area contributed by atoms with Gasteiger partial charge in [0.2, 0.25) is 11.8 Å². The Balaban J connectivity index is 1.21. The lowest BCUT2D eigenvalue weighted by atomic mass is 9.81. The molecule has 3 unspecified atom stereocenters. The number of piperidine rings is 2. The largest absolute Gasteiger partial charge is 0.402 e. The van der Waals surface area contributed by atoms with E-state index < -0.39 is 17.5 Å². The lowest BCUT2D eigenvalue weighted by molar-refractivity contribution is -0.217. The van der Waals surface area contributed by atoms with Crippen molar-refractivity contribution in [2.75, 3.05) is 32.8 Å². The summed E-state index contributed by atoms with van der Waals surface area (Å²) in [5.74, 6) is 1.23. The summed E-state index contributed by atoms with van der Waals surface area (Å²) in [6.45, 7) is 5.19. The molecule has 4 aliphatic rings. The highest BCUT2D eigenvalue weighted by atomic mass is 19.4. The molecule has 1 aromatic rings. The SMILES string of the molecule is CC(C)(C(=O)N1CCC(c2noc(C3CCN(C4CCCCCCCCC4)C(C4CCOC4)C3)n2)CC1)C(F)(F)F. The van der Waals surface area contributed by atoms with E-state index in [0.29, 0.717) is 42.6 Å². The Labute approximate surface area is 242 Å². The van der Waals surface area contributed by atoms with Crippen LogP contribution in [0.1, 0.15) is 127 Å². The average Bonchev–Trinajstić information content (AvgIpc) is 3.68. The summed E-state index contributed by atoms with van der Waals surface area (Å²) in [5, 5.41) is 4.34. The highest BCUT2D eigenvalue weighted by Crippen LogP contribution is 2.42. The predicted octanol–water partition coefficient (Wildman–Crippen LogP) is 6.84. The molecule has 41 heavy (non-hydrogen) atoms. The molecule has 232 valence electrons. The summed E-state index contributed by atoms with van der Waals surface area (Å²) >= 11 is 0. The van der Waals surface area contributed by atoms with E-state index in [1.165, 1.54) is 62.7 Å². The van der Waals surface area contributed by atoms with Gasteiger partial charge in [-0.2, -0.15) is 18.2 Å². The fourth-order valence-electron chi connectivity index (χ4n) is 7.57. The molecule has 1 amide bonds. The Kier molecular flexibility index (Phi) is 9.99. The van der Waals surface area contributed by atoms with Gasteiger partial charge >= 0.3 is 6.18 Å². The number of alkyl halides is 3. The number of hydrogen-bond donors (Lipinski definition) is 0. The molecular weight excluding hydrogens is 533 g/mol. The Morgan fingerprint density at radius 1 is 0.854 bits per heavy atom. The molecule has 0 bridgehead atoms. The van der Waals surface area contributed by atoms with Crippen molar-refractivity contribution in [2.45, 2.75) is 134 Å². The molecule has 0 aromatic carbocycles. The Hall–Kier alpha value is -1.68. The van der Waals surface area contributed by atoms with Gasteiger partial charge in [-0.05, 0) is 65.3 Å². The van der Waals surface area contributed by atoms with Gasteiger partial charge in [-0.15, -0.1) is 0 Å². The molecule has 0 N–H and O–H groups in total. The van der Waals surface area contributed by atoms with Crippen molar-refractivity contribution in [3.63, 3.8) is 0 Å². The van der Waals surface area contributed by atoms with Gasteiger partial charge in [0.05, 0.1) is 6.61 Å². The molecule has 5 rings (SSSR count). The first kappa shape index (κ1) is 30.8. The quantitative estimate of drug-likeness (QED) is 0.379. The lowest BCUT2D eigenvalue weighted by Gasteiger charge is -2.46. The zero-order valence-electron chi connectivity index (χ0n) is 25.0. The number of likely N-dealkylation sites (tertiary alicyclic amines) is 2. The van der Waals surface area contributed by atoms with Gasteiger partial charge < -0.3 is 14.2 Å². The maximum Gasteiger partial charge on any atom is 0.402 e. The number of aromatic nitrogens is 2. The molecule has 0 radical (unpaired) electrons. The van der Waals surface area contributed by atoms with Gasteiger partial charge in [-0.3, -0.25) is 9.69 Å². The minimum Gasteiger partial charge on any atom is -0.381 e. The number of ether oxygens (including phenoxy) is 1. The zero-order valence-corrected chi connectivity index (χ0v) is 25.0. The second-order valence-corrected chi connectivity index (χ2v) is 13.5. The summed E-state index contributed by atoms with van der Waals surface area (Å²) in [6.07, 6.45) is 11.7. The molecular formula is C31H49F3N4O3. The van der Waals surface area contributed by atoms with E-state index in [1.54, 1.807) is 0 Å². The Morgan fingerprint density at radius 2 is 1.49 bits per heavy atom. The molecule has 3 aliphatic heterocycles. The summed E-state index contributed by atoms with van der Waals surface area (Å²) in [5.41, 5.74) is -2.39. The van der Waals surface area contributed by atoms with E-state index in [4.69, 9.17) is 14.2 Å². The van der Waals surface area contributed by atoms with Gasteiger partial charge in [-0.1, -0.05) is 50.1 Å². The maximum atomic E-state index is 13.4. The third-order valence-electron chi connectivity index (χ3n) is 10.4. The zero-order chi connectivity index (χ0) is 29.0. The number of carbonyl (C=O) groups is 1. The van der Waals surface area contributed by atoms with Crippen LogP contribution in [-0.4, -0.2) is 77.0 Å². The molecule has 0 spiro atoms. The van der Waals surface area contributed by atoms with Gasteiger partial charge in [0.15, 0.2) is 5.82 Å². The molecule has 7 nitrogen and oxygen atoms in total. The number of carbonyl (C=O) groups excluding carboxylic acids is 1. The summed E-state index contributed by atoms with van der Waals surface area (Å²) in [7, 11) is 0. The topological polar surface area (TPSA) is 71.7 Å². The highest BCUT2D eigenvalue weighted by Gasteiger charge is 2.54. The van der Waals surface area contributed by atoms with Crippen LogP contribution in [-0.2, 0) is 9.53 Å². The summed E-state index contributed by atoms with van der Waals surface area (Å²) < 4.78 is 51.9. The van der Waals surface area contributed by atoms with Gasteiger partial charge in [0, 0.05) is 49.5 Å². The number of rotatable bonds is 5. The van der Waals surface area contributed by atoms with Crippen molar-refractivity contribution in [3.8, 4) is 0 Å². The number of halogens is 3. The number of hydrogen-bond acceptors (Lipinski definition) is 6. The Bertz CT molecular complexity index is 975. The molecule has 3 atom stereocenters. The third kappa shape index (κ3) is 7.11. The van der Waals surface area contributed by atoms with Crippen LogP contribution in [0, 0.1) is 11.3 Å². The number of amides is 1. The smallest absolute Gasteiger partial charge is 0.381 e. The van der Waals surface area contributed by atoms with E-state index in [0.717, 1.165) is 52.9 Å². The maximum absolute atomic E-state index is 13.4. The van der Waals surface area contributed by atoms with Crippen molar-refractivity contribution in [3.05, 3.63) is 11.7 Å². The van der Waals surface area contributed by atoms with E-state index in [9.17, 15) is 18.0 Å². The second kappa shape index (κ2) is 13.3. The Morgan fingerprint density at radius 3 is 2.10 bits per heavy atom. The fourth-order valence-corrected chi connectivity index (χ4v) is 7.57. The van der Waals surface area contributed by atoms with Gasteiger partial charge in [-0.25, -0.2) is 0 Å². The van der Waals surface area contributed by atoms with Crippen LogP contribution in [0.3, 0.4) is 0 Å². The van der Waals surface area contributed by atoms with Crippen LogP contribution in [0.4, 0.5) is 13.2 Å². The van der Waals surface area contributed by atoms with E-state index in [2.05, 4.69) is 10.1 Å². The second-order valence-electron chi connectivity index (χ2n) is 13.5. The van der Waals surface area contributed by atoms with Crippen molar-refractivity contribution in [1.29, 1.82) is 0 Å². The minimum atomic E-state index is -4.57. The molecule has 4 fully saturated rings. The summed E-state index contributed by atoms with van der Waals surface area (Å²) in [6, 6.07) is 1.11. The molecule has 1 saturated carbocycles. The number of nitrogens with zero attached hydrogens (tertiary/aromatic N) is 4. The third-order valence-corrected chi connectivity index (χ3v) is 10.4. The van der Waals surface area contributed by atoms with Crippen LogP contribution in [0.5, 0.6) is 0 Å². The molecule has 1 aromatic heterocycles. The van der Waals surface area contributed by atoms with Crippen LogP contribution in [0.2, 0.25) is 0 Å². The van der Waals surface area contributed by atoms with Crippen LogP contribution < -0.4 is 0 Å². The lowest BCUT2D eigenvalue weighted by Crippen LogP contribution is -2.51. The van der Waals surface area contributed by atoms with E-state index in [-0.39, 0.29) is 24.9 Å². The first-order chi connectivity index (χ1) is 19.6. The first-order valence-corrected chi connectivity index (χ1v) is 16.2. The average molecular weight is 583 g/mol. The van der Waals surface area contributed by atoms with Crippen molar-refractivity contribution in [2.24, 2.45) is 11.3 Å². The highest BCUT2D eigenvalue weighted by molar-refractivity contribution is 5.83. The van der Waals surface area contributed by atoms with Crippen LogP contribution in [0.15, 0.2) is 4.52 Å². The van der Waals surface area contributed by atoms with Crippen LogP contribution in [0.25, 0.3) is 0 Å². The predicted molar refractivity (Wildman–Crippen MR) is 149 cm³/mol. The normalized spacial score (nSPS) is 29.1. The van der Waals surface area contributed by atoms with E-state index in [1.807, 2.05) is 0 Å². The van der Waals surface area contributed by atoms with Crippen molar-refractivity contribution < 1.29 is 27.2 Å². The van der Waals surface area contributed by atoms with Crippen LogP contribution >= 0.6 is 0 Å². The summed E-state index contributed by atoms with van der Waals surface area (Å²) in [4.78, 5) is 21.6. The molecule has 10 heteroatoms. The van der Waals surface area contributed by atoms with E-state index >= 15 is 0 Å². The van der Waals surface area contributed by atoms with Gasteiger partial charge in [0.1, 0.15) is 5.41 Å². The monoisotopic (exact) mass is 582 g/mol. The molecule has 3 saturated heterocycles.